The van der Waals surface area contributed by atoms with Gasteiger partial charge in [0.15, 0.2) is 0 Å². The number of nitrogens with one attached hydrogen (secondary N) is 1. The van der Waals surface area contributed by atoms with Gasteiger partial charge in [-0.2, -0.15) is 5.26 Å². The molecule has 0 radical (unpaired) electrons. The molecule has 0 bridgehead atoms. The van der Waals surface area contributed by atoms with Crippen molar-refractivity contribution in [2.75, 3.05) is 11.9 Å². The van der Waals surface area contributed by atoms with Gasteiger partial charge in [0.05, 0.1) is 16.9 Å². The minimum atomic E-state index is -0.666. The number of nitriles is 1. The smallest absolute Gasteiger partial charge is 0.101 e. The Morgan fingerprint density at radius 1 is 1.45 bits per heavy atom. The van der Waals surface area contributed by atoms with E-state index in [0.29, 0.717) is 22.8 Å². The van der Waals surface area contributed by atoms with Crippen molar-refractivity contribution in [3.8, 4) is 6.07 Å². The first-order valence-electron chi connectivity index (χ1n) is 7.22. The highest BCUT2D eigenvalue weighted by Crippen LogP contribution is 2.34. The van der Waals surface area contributed by atoms with Gasteiger partial charge in [-0.1, -0.05) is 24.9 Å². The molecule has 1 aliphatic carbocycles. The number of nitrogens with zero attached hydrogens (tertiary/aromatic N) is 1. The number of hydrogen-bond donors (Lipinski definition) is 2. The van der Waals surface area contributed by atoms with Gasteiger partial charge in [-0.3, -0.25) is 0 Å². The maximum Gasteiger partial charge on any atom is 0.101 e. The maximum atomic E-state index is 10.6. The summed E-state index contributed by atoms with van der Waals surface area (Å²) < 4.78 is 0. The fraction of sp³-hybridized carbons (Fsp3) is 0.562. The minimum Gasteiger partial charge on any atom is -0.388 e. The third-order valence-corrected chi connectivity index (χ3v) is 4.56. The van der Waals surface area contributed by atoms with E-state index in [-0.39, 0.29) is 0 Å². The van der Waals surface area contributed by atoms with E-state index in [0.717, 1.165) is 31.6 Å². The summed E-state index contributed by atoms with van der Waals surface area (Å²) in [6, 6.07) is 7.27. The molecule has 1 aromatic carbocycles. The summed E-state index contributed by atoms with van der Waals surface area (Å²) >= 11 is 5.96. The molecule has 2 rings (SSSR count). The molecule has 0 atom stereocenters. The fourth-order valence-corrected chi connectivity index (χ4v) is 2.99. The van der Waals surface area contributed by atoms with Crippen molar-refractivity contribution in [2.24, 2.45) is 5.92 Å². The largest absolute Gasteiger partial charge is 0.388 e. The lowest BCUT2D eigenvalue weighted by atomic mass is 9.78. The van der Waals surface area contributed by atoms with Gasteiger partial charge in [-0.25, -0.2) is 0 Å². The molecule has 108 valence electrons. The molecule has 1 fully saturated rings. The second kappa shape index (κ2) is 6.47. The van der Waals surface area contributed by atoms with Crippen LogP contribution in [-0.2, 0) is 0 Å². The summed E-state index contributed by atoms with van der Waals surface area (Å²) in [5.41, 5.74) is 0.590. The number of halogens is 1. The molecular formula is C16H21ClN2O. The second-order valence-corrected chi connectivity index (χ2v) is 6.17. The molecule has 0 amide bonds. The standard InChI is InChI=1S/C16H21ClN2O/c1-2-12-5-7-16(20,8-6-12)11-19-15-9-14(17)4-3-13(15)10-18/h3-4,9,12,19-20H,2,5-8,11H2,1H3. The first-order chi connectivity index (χ1) is 9.56. The maximum absolute atomic E-state index is 10.6. The summed E-state index contributed by atoms with van der Waals surface area (Å²) in [7, 11) is 0. The third kappa shape index (κ3) is 3.65. The SMILES string of the molecule is CCC1CCC(O)(CNc2cc(Cl)ccc2C#N)CC1. The Labute approximate surface area is 125 Å². The van der Waals surface area contributed by atoms with E-state index in [1.54, 1.807) is 18.2 Å². The molecule has 0 aromatic heterocycles. The first kappa shape index (κ1) is 15.2. The fourth-order valence-electron chi connectivity index (χ4n) is 2.82. The average Bonchev–Trinajstić information content (AvgIpc) is 2.46. The van der Waals surface area contributed by atoms with Crippen LogP contribution in [0.5, 0.6) is 0 Å². The van der Waals surface area contributed by atoms with Crippen LogP contribution in [0, 0.1) is 17.2 Å². The van der Waals surface area contributed by atoms with Crippen LogP contribution in [0.1, 0.15) is 44.6 Å². The summed E-state index contributed by atoms with van der Waals surface area (Å²) in [5.74, 6) is 0.746. The van der Waals surface area contributed by atoms with Crippen LogP contribution >= 0.6 is 11.6 Å². The predicted octanol–water partition coefficient (Wildman–Crippen LogP) is 3.95. The molecule has 1 aromatic rings. The minimum absolute atomic E-state index is 0.471. The Morgan fingerprint density at radius 3 is 2.75 bits per heavy atom. The topological polar surface area (TPSA) is 56.0 Å². The van der Waals surface area contributed by atoms with Crippen LogP contribution in [0.25, 0.3) is 0 Å². The van der Waals surface area contributed by atoms with Gasteiger partial charge in [0, 0.05) is 11.6 Å². The molecule has 1 aliphatic rings. The first-order valence-corrected chi connectivity index (χ1v) is 7.60. The van der Waals surface area contributed by atoms with Crippen molar-refractivity contribution in [3.63, 3.8) is 0 Å². The van der Waals surface area contributed by atoms with E-state index in [2.05, 4.69) is 18.3 Å². The van der Waals surface area contributed by atoms with Crippen LogP contribution in [0.15, 0.2) is 18.2 Å². The van der Waals surface area contributed by atoms with Crippen molar-refractivity contribution >= 4 is 17.3 Å². The van der Waals surface area contributed by atoms with Gasteiger partial charge in [0.1, 0.15) is 6.07 Å². The van der Waals surface area contributed by atoms with Gasteiger partial charge < -0.3 is 10.4 Å². The quantitative estimate of drug-likeness (QED) is 0.883. The zero-order chi connectivity index (χ0) is 14.6. The van der Waals surface area contributed by atoms with Gasteiger partial charge in [-0.05, 0) is 49.8 Å². The van der Waals surface area contributed by atoms with Crippen molar-refractivity contribution in [1.29, 1.82) is 5.26 Å². The van der Waals surface area contributed by atoms with Gasteiger partial charge in [-0.15, -0.1) is 0 Å². The Balaban J connectivity index is 1.99. The Bertz CT molecular complexity index is 502. The zero-order valence-corrected chi connectivity index (χ0v) is 12.6. The molecule has 3 nitrogen and oxygen atoms in total. The molecule has 0 aliphatic heterocycles. The summed E-state index contributed by atoms with van der Waals surface area (Å²) in [6.45, 7) is 2.68. The van der Waals surface area contributed by atoms with Crippen LogP contribution in [0.3, 0.4) is 0 Å². The molecule has 1 saturated carbocycles. The zero-order valence-electron chi connectivity index (χ0n) is 11.8. The van der Waals surface area contributed by atoms with E-state index in [9.17, 15) is 5.11 Å². The molecule has 0 unspecified atom stereocenters. The second-order valence-electron chi connectivity index (χ2n) is 5.73. The van der Waals surface area contributed by atoms with Crippen LogP contribution < -0.4 is 5.32 Å². The van der Waals surface area contributed by atoms with Crippen LogP contribution in [0.4, 0.5) is 5.69 Å². The molecule has 20 heavy (non-hydrogen) atoms. The molecule has 2 N–H and O–H groups in total. The lowest BCUT2D eigenvalue weighted by Gasteiger charge is -2.36. The van der Waals surface area contributed by atoms with E-state index in [1.165, 1.54) is 6.42 Å². The van der Waals surface area contributed by atoms with Gasteiger partial charge >= 0.3 is 0 Å². The van der Waals surface area contributed by atoms with Crippen molar-refractivity contribution in [3.05, 3.63) is 28.8 Å². The third-order valence-electron chi connectivity index (χ3n) is 4.32. The Kier molecular flexibility index (Phi) is 4.91. The number of aliphatic hydroxyl groups is 1. The Morgan fingerprint density at radius 2 is 2.15 bits per heavy atom. The highest BCUT2D eigenvalue weighted by Gasteiger charge is 2.32. The predicted molar refractivity (Wildman–Crippen MR) is 81.9 cm³/mol. The molecule has 0 heterocycles. The van der Waals surface area contributed by atoms with Crippen LogP contribution in [0.2, 0.25) is 5.02 Å². The van der Waals surface area contributed by atoms with E-state index in [4.69, 9.17) is 16.9 Å². The summed E-state index contributed by atoms with van der Waals surface area (Å²) in [5, 5.41) is 23.5. The van der Waals surface area contributed by atoms with E-state index >= 15 is 0 Å². The van der Waals surface area contributed by atoms with Gasteiger partial charge in [0.2, 0.25) is 0 Å². The molecule has 0 saturated heterocycles. The monoisotopic (exact) mass is 292 g/mol. The van der Waals surface area contributed by atoms with Crippen molar-refractivity contribution in [2.45, 2.75) is 44.6 Å². The number of rotatable bonds is 4. The highest BCUT2D eigenvalue weighted by atomic mass is 35.5. The number of hydrogen-bond acceptors (Lipinski definition) is 3. The van der Waals surface area contributed by atoms with Crippen molar-refractivity contribution in [1.82, 2.24) is 0 Å². The molecular weight excluding hydrogens is 272 g/mol. The molecule has 4 heteroatoms. The van der Waals surface area contributed by atoms with Crippen molar-refractivity contribution < 1.29 is 5.11 Å². The van der Waals surface area contributed by atoms with Gasteiger partial charge in [0.25, 0.3) is 0 Å². The molecule has 0 spiro atoms. The number of benzene rings is 1. The average molecular weight is 293 g/mol. The highest BCUT2D eigenvalue weighted by molar-refractivity contribution is 6.30. The lowest BCUT2D eigenvalue weighted by molar-refractivity contribution is 0.00229. The van der Waals surface area contributed by atoms with E-state index in [1.807, 2.05) is 0 Å². The number of anilines is 1. The normalized spacial score (nSPS) is 26.0. The lowest BCUT2D eigenvalue weighted by Crippen LogP contribution is -2.40. The van der Waals surface area contributed by atoms with Crippen LogP contribution in [-0.4, -0.2) is 17.3 Å². The summed E-state index contributed by atoms with van der Waals surface area (Å²) in [4.78, 5) is 0. The van der Waals surface area contributed by atoms with E-state index < -0.39 is 5.60 Å². The Hall–Kier alpha value is -1.24. The summed E-state index contributed by atoms with van der Waals surface area (Å²) in [6.07, 6.45) is 4.99.